The highest BCUT2D eigenvalue weighted by atomic mass is 32.1. The van der Waals surface area contributed by atoms with E-state index in [9.17, 15) is 9.90 Å². The van der Waals surface area contributed by atoms with E-state index in [4.69, 9.17) is 6.42 Å². The molecule has 1 fully saturated rings. The number of carbonyl (C=O) groups is 1. The Kier molecular flexibility index (Phi) is 6.21. The summed E-state index contributed by atoms with van der Waals surface area (Å²) in [6.07, 6.45) is 6.31. The van der Waals surface area contributed by atoms with Crippen LogP contribution in [0, 0.1) is 12.3 Å². The maximum absolute atomic E-state index is 12.0. The molecule has 1 aromatic heterocycles. The number of likely N-dealkylation sites (tertiary alicyclic amines) is 1. The van der Waals surface area contributed by atoms with Gasteiger partial charge in [0, 0.05) is 24.5 Å². The lowest BCUT2D eigenvalue weighted by molar-refractivity contribution is -0.0201. The first-order chi connectivity index (χ1) is 11.3. The van der Waals surface area contributed by atoms with Gasteiger partial charge in [-0.2, -0.15) is 0 Å². The molecule has 2 rings (SSSR count). The van der Waals surface area contributed by atoms with Crippen LogP contribution in [-0.4, -0.2) is 58.6 Å². The van der Waals surface area contributed by atoms with Crippen LogP contribution in [0.2, 0.25) is 0 Å². The summed E-state index contributed by atoms with van der Waals surface area (Å²) in [6, 6.07) is 0.0429. The molecule has 132 valence electrons. The first-order valence-electron chi connectivity index (χ1n) is 8.19. The molecule has 0 atom stereocenters. The molecular weight excluding hydrogens is 324 g/mol. The van der Waals surface area contributed by atoms with E-state index in [2.05, 4.69) is 16.2 Å². The highest BCUT2D eigenvalue weighted by Gasteiger charge is 2.37. The van der Waals surface area contributed by atoms with Gasteiger partial charge in [0.2, 0.25) is 0 Å². The Bertz CT molecular complexity index is 600. The zero-order valence-electron chi connectivity index (χ0n) is 14.6. The molecule has 0 spiro atoms. The third-order valence-corrected chi connectivity index (χ3v) is 4.92. The largest absolute Gasteiger partial charge is 0.383 e. The Hall–Kier alpha value is -1.62. The van der Waals surface area contributed by atoms with Gasteiger partial charge in [-0.25, -0.2) is 9.78 Å². The number of carbonyl (C=O) groups excluding carboxylic acids is 1. The van der Waals surface area contributed by atoms with Crippen molar-refractivity contribution in [3.8, 4) is 12.3 Å². The van der Waals surface area contributed by atoms with Crippen LogP contribution in [-0.2, 0) is 12.1 Å². The standard InChI is InChI=1S/C17H26N4O2S/c1-5-8-20(4)11-15-19-14(12-24-15)17(23)6-9-21(10-7-17)16(22)18-13(2)3/h1,12-13,23H,6-11H2,2-4H3,(H,18,22). The SMILES string of the molecule is C#CCN(C)Cc1nc(C2(O)CCN(C(=O)NC(C)C)CC2)cs1. The second-order valence-electron chi connectivity index (χ2n) is 6.63. The molecule has 0 saturated carbocycles. The number of aliphatic hydroxyl groups is 1. The summed E-state index contributed by atoms with van der Waals surface area (Å²) in [5.41, 5.74) is -0.242. The van der Waals surface area contributed by atoms with E-state index in [1.54, 1.807) is 4.90 Å². The van der Waals surface area contributed by atoms with Crippen LogP contribution in [0.3, 0.4) is 0 Å². The van der Waals surface area contributed by atoms with Crippen LogP contribution in [0.15, 0.2) is 5.38 Å². The van der Waals surface area contributed by atoms with E-state index >= 15 is 0 Å². The number of urea groups is 1. The van der Waals surface area contributed by atoms with Gasteiger partial charge in [0.1, 0.15) is 10.6 Å². The topological polar surface area (TPSA) is 68.7 Å². The van der Waals surface area contributed by atoms with Crippen molar-refractivity contribution < 1.29 is 9.90 Å². The number of piperidine rings is 1. The normalized spacial score (nSPS) is 17.1. The maximum Gasteiger partial charge on any atom is 0.317 e. The third kappa shape index (κ3) is 4.69. The lowest BCUT2D eigenvalue weighted by Crippen LogP contribution is -2.50. The van der Waals surface area contributed by atoms with Crippen molar-refractivity contribution in [2.75, 3.05) is 26.7 Å². The highest BCUT2D eigenvalue weighted by molar-refractivity contribution is 7.09. The lowest BCUT2D eigenvalue weighted by atomic mass is 9.89. The molecule has 1 aliphatic rings. The zero-order valence-corrected chi connectivity index (χ0v) is 15.4. The van der Waals surface area contributed by atoms with E-state index in [1.165, 1.54) is 11.3 Å². The molecule has 6 nitrogen and oxygen atoms in total. The molecule has 24 heavy (non-hydrogen) atoms. The first kappa shape index (κ1) is 18.7. The number of rotatable bonds is 5. The van der Waals surface area contributed by atoms with E-state index < -0.39 is 5.60 Å². The second-order valence-corrected chi connectivity index (χ2v) is 7.57. The van der Waals surface area contributed by atoms with Crippen molar-refractivity contribution in [2.45, 2.75) is 44.9 Å². The molecule has 0 aliphatic carbocycles. The highest BCUT2D eigenvalue weighted by Crippen LogP contribution is 2.33. The summed E-state index contributed by atoms with van der Waals surface area (Å²) in [4.78, 5) is 20.4. The molecule has 2 N–H and O–H groups in total. The molecule has 1 aromatic rings. The zero-order chi connectivity index (χ0) is 17.7. The van der Waals surface area contributed by atoms with E-state index in [-0.39, 0.29) is 12.1 Å². The number of thiazole rings is 1. The lowest BCUT2D eigenvalue weighted by Gasteiger charge is -2.37. The van der Waals surface area contributed by atoms with Gasteiger partial charge in [0.25, 0.3) is 0 Å². The quantitative estimate of drug-likeness (QED) is 0.792. The van der Waals surface area contributed by atoms with Gasteiger partial charge in [-0.05, 0) is 33.7 Å². The van der Waals surface area contributed by atoms with Crippen molar-refractivity contribution in [3.63, 3.8) is 0 Å². The first-order valence-corrected chi connectivity index (χ1v) is 9.07. The Labute approximate surface area is 147 Å². The van der Waals surface area contributed by atoms with Gasteiger partial charge < -0.3 is 15.3 Å². The van der Waals surface area contributed by atoms with Crippen LogP contribution < -0.4 is 5.32 Å². The van der Waals surface area contributed by atoms with E-state index in [0.717, 1.165) is 5.01 Å². The molecule has 2 heterocycles. The molecular formula is C17H26N4O2S. The predicted octanol–water partition coefficient (Wildman–Crippen LogP) is 1.61. The fraction of sp³-hybridized carbons (Fsp3) is 0.647. The minimum atomic E-state index is -0.950. The summed E-state index contributed by atoms with van der Waals surface area (Å²) >= 11 is 1.54. The van der Waals surface area contributed by atoms with Gasteiger partial charge in [-0.3, -0.25) is 4.90 Å². The summed E-state index contributed by atoms with van der Waals surface area (Å²) in [5.74, 6) is 2.60. The minimum absolute atomic E-state index is 0.0677. The van der Waals surface area contributed by atoms with Crippen LogP contribution in [0.1, 0.15) is 37.4 Å². The number of terminal acetylenes is 1. The number of amides is 2. The van der Waals surface area contributed by atoms with Gasteiger partial charge in [0.05, 0.1) is 18.8 Å². The van der Waals surface area contributed by atoms with Crippen LogP contribution in [0.4, 0.5) is 4.79 Å². The molecule has 7 heteroatoms. The number of nitrogens with zero attached hydrogens (tertiary/aromatic N) is 3. The molecule has 0 bridgehead atoms. The fourth-order valence-electron chi connectivity index (χ4n) is 2.71. The molecule has 2 amide bonds. The number of hydrogen-bond acceptors (Lipinski definition) is 5. The minimum Gasteiger partial charge on any atom is -0.383 e. The summed E-state index contributed by atoms with van der Waals surface area (Å²) in [5, 5.41) is 16.7. The van der Waals surface area contributed by atoms with Gasteiger partial charge >= 0.3 is 6.03 Å². The van der Waals surface area contributed by atoms with Crippen LogP contribution in [0.5, 0.6) is 0 Å². The number of nitrogens with one attached hydrogen (secondary N) is 1. The Morgan fingerprint density at radius 3 is 2.83 bits per heavy atom. The summed E-state index contributed by atoms with van der Waals surface area (Å²) in [7, 11) is 1.95. The van der Waals surface area contributed by atoms with E-state index in [1.807, 2.05) is 31.2 Å². The van der Waals surface area contributed by atoms with Crippen LogP contribution in [0.25, 0.3) is 0 Å². The smallest absolute Gasteiger partial charge is 0.317 e. The number of aromatic nitrogens is 1. The molecule has 0 radical (unpaired) electrons. The second kappa shape index (κ2) is 7.97. The van der Waals surface area contributed by atoms with Crippen molar-refractivity contribution in [2.24, 2.45) is 0 Å². The summed E-state index contributed by atoms with van der Waals surface area (Å²) in [6.45, 7) is 6.17. The van der Waals surface area contributed by atoms with Gasteiger partial charge in [-0.1, -0.05) is 5.92 Å². The van der Waals surface area contributed by atoms with Crippen LogP contribution >= 0.6 is 11.3 Å². The fourth-order valence-corrected chi connectivity index (χ4v) is 3.68. The summed E-state index contributed by atoms with van der Waals surface area (Å²) < 4.78 is 0. The number of hydrogen-bond donors (Lipinski definition) is 2. The molecule has 0 aromatic carbocycles. The molecule has 0 unspecified atom stereocenters. The average Bonchev–Trinajstić information content (AvgIpc) is 2.96. The third-order valence-electron chi connectivity index (χ3n) is 4.08. The molecule has 1 aliphatic heterocycles. The van der Waals surface area contributed by atoms with Crippen molar-refractivity contribution >= 4 is 17.4 Å². The Balaban J connectivity index is 1.95. The van der Waals surface area contributed by atoms with Crippen molar-refractivity contribution in [1.82, 2.24) is 20.1 Å². The van der Waals surface area contributed by atoms with Gasteiger partial charge in [-0.15, -0.1) is 17.8 Å². The Morgan fingerprint density at radius 1 is 1.58 bits per heavy atom. The molecule has 1 saturated heterocycles. The maximum atomic E-state index is 12.0. The van der Waals surface area contributed by atoms with Gasteiger partial charge in [0.15, 0.2) is 0 Å². The monoisotopic (exact) mass is 350 g/mol. The van der Waals surface area contributed by atoms with Crippen molar-refractivity contribution in [3.05, 3.63) is 16.1 Å². The Morgan fingerprint density at radius 2 is 2.25 bits per heavy atom. The van der Waals surface area contributed by atoms with Crippen molar-refractivity contribution in [1.29, 1.82) is 0 Å². The average molecular weight is 350 g/mol. The van der Waals surface area contributed by atoms with E-state index in [0.29, 0.717) is 44.7 Å². The predicted molar refractivity (Wildman–Crippen MR) is 95.7 cm³/mol.